The second kappa shape index (κ2) is 14.7. The van der Waals surface area contributed by atoms with Gasteiger partial charge in [0.05, 0.1) is 0 Å². The topological polar surface area (TPSA) is 0 Å². The summed E-state index contributed by atoms with van der Waals surface area (Å²) < 4.78 is 0. The van der Waals surface area contributed by atoms with E-state index < -0.39 is 0 Å². The normalized spacial score (nSPS) is 16.2. The van der Waals surface area contributed by atoms with E-state index in [4.69, 9.17) is 0 Å². The van der Waals surface area contributed by atoms with Crippen molar-refractivity contribution in [3.8, 4) is 11.1 Å². The molecule has 2 aromatic carbocycles. The van der Waals surface area contributed by atoms with Gasteiger partial charge in [0.1, 0.15) is 0 Å². The lowest BCUT2D eigenvalue weighted by atomic mass is 9.90. The summed E-state index contributed by atoms with van der Waals surface area (Å²) in [4.78, 5) is 0. The molecular formula is C33H46. The number of hydrogen-bond acceptors (Lipinski definition) is 0. The standard InChI is InChI=1S/C28H32.C3H8.C2H6/c1-21-8-7-11-26(13-12-21)28-19-18-27(20-22(28)2)25-16-14-24(15-17-25)23-9-5-3-4-6-10-23;1-3-2;1-2/h8,11-20,23H,3-7,9-10H2,1-2H3;3H2,1-2H3;1-2H3. The van der Waals surface area contributed by atoms with Gasteiger partial charge in [0.25, 0.3) is 0 Å². The molecule has 0 atom stereocenters. The summed E-state index contributed by atoms with van der Waals surface area (Å²) in [6, 6.07) is 16.3. The number of hydrogen-bond donors (Lipinski definition) is 0. The van der Waals surface area contributed by atoms with Crippen molar-refractivity contribution in [2.45, 2.75) is 98.8 Å². The van der Waals surface area contributed by atoms with E-state index in [2.05, 4.69) is 94.5 Å². The quantitative estimate of drug-likeness (QED) is 0.415. The minimum Gasteiger partial charge on any atom is -0.0778 e. The molecule has 2 aliphatic carbocycles. The largest absolute Gasteiger partial charge is 0.0778 e. The molecule has 4 rings (SSSR count). The second-order valence-electron chi connectivity index (χ2n) is 9.22. The summed E-state index contributed by atoms with van der Waals surface area (Å²) in [6.07, 6.45) is 19.7. The fraction of sp³-hybridized carbons (Fsp3) is 0.455. The molecule has 0 nitrogen and oxygen atoms in total. The molecule has 2 aliphatic rings. The maximum absolute atomic E-state index is 2.37. The van der Waals surface area contributed by atoms with Gasteiger partial charge in [-0.15, -0.1) is 0 Å². The van der Waals surface area contributed by atoms with Crippen molar-refractivity contribution in [2.75, 3.05) is 0 Å². The first-order valence-electron chi connectivity index (χ1n) is 13.4. The Hall–Kier alpha value is -2.34. The van der Waals surface area contributed by atoms with Gasteiger partial charge in [-0.1, -0.05) is 132 Å². The Balaban J connectivity index is 0.000000714. The zero-order chi connectivity index (χ0) is 24.1. The highest BCUT2D eigenvalue weighted by Crippen LogP contribution is 2.33. The molecule has 0 amide bonds. The van der Waals surface area contributed by atoms with Gasteiger partial charge in [-0.25, -0.2) is 0 Å². The summed E-state index contributed by atoms with van der Waals surface area (Å²) in [6.45, 7) is 12.7. The molecule has 178 valence electrons. The van der Waals surface area contributed by atoms with Crippen LogP contribution in [-0.4, -0.2) is 0 Å². The highest BCUT2D eigenvalue weighted by molar-refractivity contribution is 5.79. The van der Waals surface area contributed by atoms with Gasteiger partial charge >= 0.3 is 0 Å². The van der Waals surface area contributed by atoms with Gasteiger partial charge < -0.3 is 0 Å². The van der Waals surface area contributed by atoms with E-state index in [0.717, 1.165) is 12.3 Å². The Morgan fingerprint density at radius 3 is 1.94 bits per heavy atom. The van der Waals surface area contributed by atoms with Crippen molar-refractivity contribution in [3.63, 3.8) is 0 Å². The van der Waals surface area contributed by atoms with E-state index in [1.807, 2.05) is 13.8 Å². The third kappa shape index (κ3) is 8.18. The van der Waals surface area contributed by atoms with E-state index >= 15 is 0 Å². The lowest BCUT2D eigenvalue weighted by Crippen LogP contribution is -1.97. The van der Waals surface area contributed by atoms with Crippen molar-refractivity contribution in [3.05, 3.63) is 89.0 Å². The molecule has 33 heavy (non-hydrogen) atoms. The predicted octanol–water partition coefficient (Wildman–Crippen LogP) is 10.8. The van der Waals surface area contributed by atoms with Gasteiger partial charge in [0.2, 0.25) is 0 Å². The zero-order valence-electron chi connectivity index (χ0n) is 22.1. The molecule has 0 unspecified atom stereocenters. The minimum atomic E-state index is 0.770. The number of allylic oxidation sites excluding steroid dienone is 6. The summed E-state index contributed by atoms with van der Waals surface area (Å²) in [5.74, 6) is 0.770. The fourth-order valence-electron chi connectivity index (χ4n) is 4.66. The highest BCUT2D eigenvalue weighted by Gasteiger charge is 2.14. The van der Waals surface area contributed by atoms with Crippen LogP contribution in [0.3, 0.4) is 0 Å². The van der Waals surface area contributed by atoms with E-state index in [-0.39, 0.29) is 0 Å². The van der Waals surface area contributed by atoms with Crippen LogP contribution in [0.15, 0.2) is 72.3 Å². The van der Waals surface area contributed by atoms with E-state index in [1.165, 1.54) is 83.9 Å². The molecule has 0 radical (unpaired) electrons. The molecule has 0 saturated heterocycles. The van der Waals surface area contributed by atoms with Crippen molar-refractivity contribution < 1.29 is 0 Å². The van der Waals surface area contributed by atoms with E-state index in [0.29, 0.717) is 0 Å². The molecule has 0 heteroatoms. The molecular weight excluding hydrogens is 396 g/mol. The van der Waals surface area contributed by atoms with Crippen LogP contribution in [0.2, 0.25) is 0 Å². The Kier molecular flexibility index (Phi) is 12.0. The summed E-state index contributed by atoms with van der Waals surface area (Å²) in [5.41, 5.74) is 9.56. The SMILES string of the molecule is CC.CC1=CCC=C(c2ccc(-c3ccc(C4CCCCCC4)cc3)cc2C)C=C1.CCC. The number of aryl methyl sites for hydroxylation is 1. The van der Waals surface area contributed by atoms with Crippen LogP contribution in [0.5, 0.6) is 0 Å². The molecule has 0 heterocycles. The predicted molar refractivity (Wildman–Crippen MR) is 150 cm³/mol. The molecule has 1 saturated carbocycles. The van der Waals surface area contributed by atoms with Gasteiger partial charge in [0.15, 0.2) is 0 Å². The number of rotatable bonds is 3. The van der Waals surface area contributed by atoms with Crippen LogP contribution < -0.4 is 0 Å². The van der Waals surface area contributed by atoms with Gasteiger partial charge in [-0.2, -0.15) is 0 Å². The Labute approximate surface area is 204 Å². The lowest BCUT2D eigenvalue weighted by molar-refractivity contribution is 0.592. The molecule has 0 N–H and O–H groups in total. The summed E-state index contributed by atoms with van der Waals surface area (Å²) in [5, 5.41) is 0. The average Bonchev–Trinajstić information content (AvgIpc) is 3.24. The van der Waals surface area contributed by atoms with Crippen molar-refractivity contribution in [1.29, 1.82) is 0 Å². The fourth-order valence-corrected chi connectivity index (χ4v) is 4.66. The lowest BCUT2D eigenvalue weighted by Gasteiger charge is -2.15. The van der Waals surface area contributed by atoms with Crippen LogP contribution in [0.4, 0.5) is 0 Å². The molecule has 1 fully saturated rings. The van der Waals surface area contributed by atoms with Crippen molar-refractivity contribution in [1.82, 2.24) is 0 Å². The average molecular weight is 443 g/mol. The Bertz CT molecular complexity index is 913. The molecule has 2 aromatic rings. The van der Waals surface area contributed by atoms with Crippen molar-refractivity contribution in [2.24, 2.45) is 0 Å². The molecule has 0 aromatic heterocycles. The smallest absolute Gasteiger partial charge is 0.0154 e. The minimum absolute atomic E-state index is 0.770. The van der Waals surface area contributed by atoms with Crippen LogP contribution >= 0.6 is 0 Å². The zero-order valence-corrected chi connectivity index (χ0v) is 22.1. The first-order chi connectivity index (χ1) is 16.1. The third-order valence-electron chi connectivity index (χ3n) is 6.41. The maximum atomic E-state index is 2.37. The first-order valence-corrected chi connectivity index (χ1v) is 13.4. The van der Waals surface area contributed by atoms with Gasteiger partial charge in [-0.3, -0.25) is 0 Å². The summed E-state index contributed by atoms with van der Waals surface area (Å²) >= 11 is 0. The van der Waals surface area contributed by atoms with Crippen LogP contribution in [0.25, 0.3) is 16.7 Å². The third-order valence-corrected chi connectivity index (χ3v) is 6.41. The summed E-state index contributed by atoms with van der Waals surface area (Å²) in [7, 11) is 0. The Morgan fingerprint density at radius 2 is 1.33 bits per heavy atom. The van der Waals surface area contributed by atoms with Gasteiger partial charge in [0, 0.05) is 0 Å². The van der Waals surface area contributed by atoms with Gasteiger partial charge in [-0.05, 0) is 72.4 Å². The molecule has 0 aliphatic heterocycles. The van der Waals surface area contributed by atoms with Crippen LogP contribution in [-0.2, 0) is 0 Å². The van der Waals surface area contributed by atoms with Crippen molar-refractivity contribution >= 4 is 5.57 Å². The first kappa shape index (κ1) is 26.9. The second-order valence-corrected chi connectivity index (χ2v) is 9.22. The molecule has 0 bridgehead atoms. The van der Waals surface area contributed by atoms with E-state index in [1.54, 1.807) is 0 Å². The number of benzene rings is 2. The van der Waals surface area contributed by atoms with Crippen LogP contribution in [0.1, 0.15) is 109 Å². The molecule has 0 spiro atoms. The highest BCUT2D eigenvalue weighted by atomic mass is 14.2. The van der Waals surface area contributed by atoms with E-state index in [9.17, 15) is 0 Å². The maximum Gasteiger partial charge on any atom is -0.0154 e. The Morgan fingerprint density at radius 1 is 0.727 bits per heavy atom. The monoisotopic (exact) mass is 442 g/mol. The van der Waals surface area contributed by atoms with Crippen LogP contribution in [0, 0.1) is 6.92 Å².